The lowest BCUT2D eigenvalue weighted by molar-refractivity contribution is -0.119. The van der Waals surface area contributed by atoms with Crippen molar-refractivity contribution in [3.8, 4) is 5.75 Å². The Morgan fingerprint density at radius 2 is 2.07 bits per heavy atom. The maximum atomic E-state index is 13.0. The van der Waals surface area contributed by atoms with Crippen molar-refractivity contribution in [2.45, 2.75) is 13.3 Å². The molecule has 1 amide bonds. The van der Waals surface area contributed by atoms with Crippen LogP contribution >= 0.6 is 15.9 Å². The Morgan fingerprint density at radius 3 is 2.73 bits per heavy atom. The smallest absolute Gasteiger partial charge is 0.282 e. The molecule has 1 heterocycles. The third-order valence-corrected chi connectivity index (χ3v) is 4.88. The number of aromatic nitrogens is 2. The molecule has 156 valence electrons. The standard InChI is InChI=1S/C21H22BrN5O3/c1-4-20-25-17-8-6-14(22)9-16(17)21(29)27(20)24-11-13-5-7-15(26(2)3)10-18(13)30-12-19(23)28/h5-11H,4,12H2,1-3H3,(H2,23,28). The predicted octanol–water partition coefficient (Wildman–Crippen LogP) is 2.53. The number of hydrogen-bond donors (Lipinski definition) is 1. The lowest BCUT2D eigenvalue weighted by atomic mass is 10.2. The zero-order chi connectivity index (χ0) is 21.8. The van der Waals surface area contributed by atoms with E-state index in [9.17, 15) is 9.59 Å². The fourth-order valence-electron chi connectivity index (χ4n) is 2.84. The number of carbonyl (C=O) groups is 1. The quantitative estimate of drug-likeness (QED) is 0.533. The van der Waals surface area contributed by atoms with Gasteiger partial charge in [0, 0.05) is 42.3 Å². The number of halogens is 1. The van der Waals surface area contributed by atoms with Crippen LogP contribution in [0.15, 0.2) is 50.8 Å². The van der Waals surface area contributed by atoms with Crippen LogP contribution in [0.5, 0.6) is 5.75 Å². The van der Waals surface area contributed by atoms with Crippen LogP contribution in [0, 0.1) is 0 Å². The Labute approximate surface area is 182 Å². The summed E-state index contributed by atoms with van der Waals surface area (Å²) in [6, 6.07) is 10.8. The first-order valence-electron chi connectivity index (χ1n) is 9.28. The Balaban J connectivity index is 2.08. The monoisotopic (exact) mass is 471 g/mol. The molecule has 8 nitrogen and oxygen atoms in total. The summed E-state index contributed by atoms with van der Waals surface area (Å²) in [4.78, 5) is 30.6. The van der Waals surface area contributed by atoms with Gasteiger partial charge in [0.25, 0.3) is 11.5 Å². The van der Waals surface area contributed by atoms with E-state index in [2.05, 4.69) is 26.0 Å². The highest BCUT2D eigenvalue weighted by molar-refractivity contribution is 9.10. The van der Waals surface area contributed by atoms with Crippen LogP contribution < -0.4 is 20.9 Å². The highest BCUT2D eigenvalue weighted by Gasteiger charge is 2.11. The first kappa shape index (κ1) is 21.5. The zero-order valence-corrected chi connectivity index (χ0v) is 18.5. The molecular formula is C21H22BrN5O3. The van der Waals surface area contributed by atoms with Gasteiger partial charge in [0.1, 0.15) is 11.6 Å². The second-order valence-electron chi connectivity index (χ2n) is 6.78. The summed E-state index contributed by atoms with van der Waals surface area (Å²) < 4.78 is 7.62. The van der Waals surface area contributed by atoms with Crippen molar-refractivity contribution in [3.63, 3.8) is 0 Å². The van der Waals surface area contributed by atoms with Crippen LogP contribution in [0.1, 0.15) is 18.3 Å². The molecule has 3 aromatic rings. The zero-order valence-electron chi connectivity index (χ0n) is 16.9. The van der Waals surface area contributed by atoms with E-state index in [0.29, 0.717) is 34.5 Å². The second kappa shape index (κ2) is 9.08. The van der Waals surface area contributed by atoms with Gasteiger partial charge in [0.2, 0.25) is 0 Å². The van der Waals surface area contributed by atoms with Gasteiger partial charge in [-0.2, -0.15) is 9.78 Å². The van der Waals surface area contributed by atoms with Crippen LogP contribution in [0.2, 0.25) is 0 Å². The van der Waals surface area contributed by atoms with Crippen LogP contribution in [0.3, 0.4) is 0 Å². The van der Waals surface area contributed by atoms with Gasteiger partial charge in [-0.3, -0.25) is 9.59 Å². The molecule has 0 aliphatic heterocycles. The van der Waals surface area contributed by atoms with E-state index in [1.807, 2.05) is 38.1 Å². The van der Waals surface area contributed by atoms with Crippen molar-refractivity contribution in [1.82, 2.24) is 9.66 Å². The van der Waals surface area contributed by atoms with E-state index in [4.69, 9.17) is 10.5 Å². The number of fused-ring (bicyclic) bond motifs is 1. The van der Waals surface area contributed by atoms with Crippen LogP contribution in [0.25, 0.3) is 10.9 Å². The third kappa shape index (κ3) is 4.68. The molecule has 0 unspecified atom stereocenters. The summed E-state index contributed by atoms with van der Waals surface area (Å²) in [5, 5.41) is 4.85. The summed E-state index contributed by atoms with van der Waals surface area (Å²) in [6.45, 7) is 1.65. The predicted molar refractivity (Wildman–Crippen MR) is 122 cm³/mol. The van der Waals surface area contributed by atoms with E-state index in [1.54, 1.807) is 24.3 Å². The Kier molecular flexibility index (Phi) is 6.51. The van der Waals surface area contributed by atoms with E-state index in [1.165, 1.54) is 10.9 Å². The van der Waals surface area contributed by atoms with E-state index >= 15 is 0 Å². The molecule has 2 N–H and O–H groups in total. The molecule has 0 atom stereocenters. The van der Waals surface area contributed by atoms with Gasteiger partial charge in [-0.1, -0.05) is 22.9 Å². The summed E-state index contributed by atoms with van der Waals surface area (Å²) in [5.41, 5.74) is 7.05. The minimum atomic E-state index is -0.582. The summed E-state index contributed by atoms with van der Waals surface area (Å²) >= 11 is 3.39. The van der Waals surface area contributed by atoms with Crippen LogP contribution in [0.4, 0.5) is 5.69 Å². The van der Waals surface area contributed by atoms with E-state index < -0.39 is 5.91 Å². The fraction of sp³-hybridized carbons (Fsp3) is 0.238. The first-order chi connectivity index (χ1) is 14.3. The van der Waals surface area contributed by atoms with Gasteiger partial charge in [0.15, 0.2) is 6.61 Å². The number of rotatable bonds is 7. The Morgan fingerprint density at radius 1 is 1.30 bits per heavy atom. The molecule has 30 heavy (non-hydrogen) atoms. The summed E-state index contributed by atoms with van der Waals surface area (Å²) in [5.74, 6) is 0.392. The number of nitrogens with two attached hydrogens (primary N) is 1. The highest BCUT2D eigenvalue weighted by Crippen LogP contribution is 2.24. The van der Waals surface area contributed by atoms with Crippen molar-refractivity contribution in [2.75, 3.05) is 25.6 Å². The summed E-state index contributed by atoms with van der Waals surface area (Å²) in [7, 11) is 3.79. The van der Waals surface area contributed by atoms with Gasteiger partial charge in [0.05, 0.1) is 17.1 Å². The van der Waals surface area contributed by atoms with Gasteiger partial charge in [-0.25, -0.2) is 4.98 Å². The largest absolute Gasteiger partial charge is 0.483 e. The number of amides is 1. The molecule has 0 bridgehead atoms. The molecule has 0 fully saturated rings. The maximum absolute atomic E-state index is 13.0. The van der Waals surface area contributed by atoms with Crippen molar-refractivity contribution in [3.05, 3.63) is 62.6 Å². The highest BCUT2D eigenvalue weighted by atomic mass is 79.9. The Hall–Kier alpha value is -3.20. The van der Waals surface area contributed by atoms with Crippen molar-refractivity contribution in [2.24, 2.45) is 10.8 Å². The number of primary amides is 1. The van der Waals surface area contributed by atoms with E-state index in [0.717, 1.165) is 10.2 Å². The van der Waals surface area contributed by atoms with E-state index in [-0.39, 0.29) is 12.2 Å². The molecule has 9 heteroatoms. The number of hydrogen-bond acceptors (Lipinski definition) is 6. The average molecular weight is 472 g/mol. The van der Waals surface area contributed by atoms with Crippen molar-refractivity contribution < 1.29 is 9.53 Å². The molecule has 0 spiro atoms. The van der Waals surface area contributed by atoms with Crippen LogP contribution in [-0.2, 0) is 11.2 Å². The maximum Gasteiger partial charge on any atom is 0.282 e. The van der Waals surface area contributed by atoms with Crippen molar-refractivity contribution in [1.29, 1.82) is 0 Å². The molecule has 0 saturated carbocycles. The Bertz CT molecular complexity index is 1190. The summed E-state index contributed by atoms with van der Waals surface area (Å²) in [6.07, 6.45) is 2.05. The van der Waals surface area contributed by atoms with Gasteiger partial charge in [-0.05, 0) is 30.3 Å². The minimum Gasteiger partial charge on any atom is -0.483 e. The topological polar surface area (TPSA) is 103 Å². The molecule has 0 aliphatic rings. The van der Waals surface area contributed by atoms with Crippen LogP contribution in [-0.4, -0.2) is 42.5 Å². The fourth-order valence-corrected chi connectivity index (χ4v) is 3.21. The molecule has 0 aliphatic carbocycles. The molecule has 0 radical (unpaired) electrons. The van der Waals surface area contributed by atoms with Gasteiger partial charge in [-0.15, -0.1) is 0 Å². The SMILES string of the molecule is CCc1nc2ccc(Br)cc2c(=O)n1N=Cc1ccc(N(C)C)cc1OCC(N)=O. The third-order valence-electron chi connectivity index (χ3n) is 4.39. The molecule has 1 aromatic heterocycles. The lowest BCUT2D eigenvalue weighted by Gasteiger charge is -2.15. The molecule has 3 rings (SSSR count). The number of ether oxygens (including phenoxy) is 1. The molecule has 2 aromatic carbocycles. The number of nitrogens with zero attached hydrogens (tertiary/aromatic N) is 4. The normalized spacial score (nSPS) is 11.2. The number of benzene rings is 2. The van der Waals surface area contributed by atoms with Gasteiger partial charge < -0.3 is 15.4 Å². The number of aryl methyl sites for hydroxylation is 1. The average Bonchev–Trinajstić information content (AvgIpc) is 2.72. The number of carbonyl (C=O) groups excluding carboxylic acids is 1. The van der Waals surface area contributed by atoms with Crippen molar-refractivity contribution >= 4 is 44.6 Å². The first-order valence-corrected chi connectivity index (χ1v) is 10.1. The lowest BCUT2D eigenvalue weighted by Crippen LogP contribution is -2.22. The molecular weight excluding hydrogens is 450 g/mol. The minimum absolute atomic E-state index is 0.260. The van der Waals surface area contributed by atoms with Gasteiger partial charge >= 0.3 is 0 Å². The molecule has 0 saturated heterocycles. The second-order valence-corrected chi connectivity index (χ2v) is 7.69. The number of anilines is 1.